The lowest BCUT2D eigenvalue weighted by Crippen LogP contribution is -2.57. The van der Waals surface area contributed by atoms with Gasteiger partial charge in [0.2, 0.25) is 5.89 Å². The number of carbonyl (C=O) groups is 3. The average Bonchev–Trinajstić information content (AvgIpc) is 3.55. The van der Waals surface area contributed by atoms with Crippen LogP contribution in [0.5, 0.6) is 0 Å². The first kappa shape index (κ1) is 23.8. The molecule has 9 nitrogen and oxygen atoms in total. The maximum Gasteiger partial charge on any atom is 0.408 e. The molecule has 1 aromatic heterocycles. The third-order valence-electron chi connectivity index (χ3n) is 7.63. The number of rotatable bonds is 8. The summed E-state index contributed by atoms with van der Waals surface area (Å²) in [5.74, 6) is -0.0944. The monoisotopic (exact) mass is 483 g/mol. The Hall–Kier alpha value is -2.94. The summed E-state index contributed by atoms with van der Waals surface area (Å²) in [6.45, 7) is 1.49. The zero-order valence-electron chi connectivity index (χ0n) is 19.9. The lowest BCUT2D eigenvalue weighted by Gasteiger charge is -2.34. The number of fused-ring (bicyclic) bond motifs is 1. The number of benzene rings is 1. The Balaban J connectivity index is 1.36. The highest BCUT2D eigenvalue weighted by molar-refractivity contribution is 6.07. The van der Waals surface area contributed by atoms with Gasteiger partial charge in [-0.25, -0.2) is 9.78 Å². The molecular formula is C26H33N3O6. The van der Waals surface area contributed by atoms with Crippen molar-refractivity contribution in [3.8, 4) is 0 Å². The first-order chi connectivity index (χ1) is 17.0. The van der Waals surface area contributed by atoms with Gasteiger partial charge in [-0.05, 0) is 30.9 Å². The number of amides is 2. The minimum Gasteiger partial charge on any atom is -0.465 e. The Bertz CT molecular complexity index is 1040. The number of carbonyl (C=O) groups excluding carboxylic acids is 2. The van der Waals surface area contributed by atoms with Gasteiger partial charge in [-0.2, -0.15) is 0 Å². The second-order valence-electron chi connectivity index (χ2n) is 9.97. The predicted molar refractivity (Wildman–Crippen MR) is 127 cm³/mol. The molecular weight excluding hydrogens is 450 g/mol. The fourth-order valence-corrected chi connectivity index (χ4v) is 5.57. The third kappa shape index (κ3) is 5.19. The van der Waals surface area contributed by atoms with Crippen LogP contribution in [-0.4, -0.2) is 76.1 Å². The van der Waals surface area contributed by atoms with E-state index in [2.05, 4.69) is 4.98 Å². The van der Waals surface area contributed by atoms with E-state index in [-0.39, 0.29) is 18.1 Å². The molecule has 1 aromatic carbocycles. The van der Waals surface area contributed by atoms with Crippen molar-refractivity contribution >= 4 is 28.9 Å². The fourth-order valence-electron chi connectivity index (χ4n) is 5.57. The highest BCUT2D eigenvalue weighted by Crippen LogP contribution is 2.46. The van der Waals surface area contributed by atoms with Crippen LogP contribution in [0.15, 0.2) is 28.7 Å². The van der Waals surface area contributed by atoms with Crippen LogP contribution in [-0.2, 0) is 14.3 Å². The standard InChI is InChI=1S/C26H33N3O6/c30-21(11-10-17-6-2-1-3-7-17)23(25(31)28-12-14-34-15-13-28)29(26(32)33)20-16-18(20)24-27-19-8-4-5-9-22(19)35-24/h4-5,8-9,17-18,20,23H,1-3,6-7,10-16H2,(H,32,33)/t18?,20-,23-/m0/s1. The van der Waals surface area contributed by atoms with Gasteiger partial charge in [0.05, 0.1) is 19.1 Å². The van der Waals surface area contributed by atoms with Gasteiger partial charge in [0.1, 0.15) is 5.52 Å². The molecule has 3 atom stereocenters. The van der Waals surface area contributed by atoms with E-state index in [0.29, 0.717) is 62.1 Å². The number of para-hydroxylation sites is 2. The van der Waals surface area contributed by atoms with Crippen LogP contribution in [0, 0.1) is 5.92 Å². The number of Topliss-reactive ketones (excluding diaryl/α,β-unsaturated/α-hetero) is 1. The lowest BCUT2D eigenvalue weighted by molar-refractivity contribution is -0.146. The minimum absolute atomic E-state index is 0.218. The van der Waals surface area contributed by atoms with Crippen molar-refractivity contribution < 1.29 is 28.6 Å². The van der Waals surface area contributed by atoms with Crippen LogP contribution < -0.4 is 0 Å². The highest BCUT2D eigenvalue weighted by Gasteiger charge is 2.53. The smallest absolute Gasteiger partial charge is 0.408 e. The molecule has 3 fully saturated rings. The number of hydrogen-bond donors (Lipinski definition) is 1. The van der Waals surface area contributed by atoms with E-state index in [0.717, 1.165) is 17.7 Å². The van der Waals surface area contributed by atoms with E-state index in [1.54, 1.807) is 4.90 Å². The summed E-state index contributed by atoms with van der Waals surface area (Å²) in [4.78, 5) is 46.7. The molecule has 2 aromatic rings. The number of hydrogen-bond acceptors (Lipinski definition) is 6. The van der Waals surface area contributed by atoms with Crippen molar-refractivity contribution in [1.29, 1.82) is 0 Å². The molecule has 0 radical (unpaired) electrons. The van der Waals surface area contributed by atoms with E-state index in [1.165, 1.54) is 19.3 Å². The van der Waals surface area contributed by atoms with E-state index in [4.69, 9.17) is 9.15 Å². The van der Waals surface area contributed by atoms with Gasteiger partial charge in [-0.3, -0.25) is 14.5 Å². The lowest BCUT2D eigenvalue weighted by atomic mass is 9.85. The summed E-state index contributed by atoms with van der Waals surface area (Å²) in [6.07, 6.45) is 5.91. The van der Waals surface area contributed by atoms with E-state index in [1.807, 2.05) is 24.3 Å². The summed E-state index contributed by atoms with van der Waals surface area (Å²) in [5, 5.41) is 10.2. The van der Waals surface area contributed by atoms with E-state index in [9.17, 15) is 19.5 Å². The Morgan fingerprint density at radius 3 is 2.57 bits per heavy atom. The molecule has 35 heavy (non-hydrogen) atoms. The van der Waals surface area contributed by atoms with Gasteiger partial charge >= 0.3 is 6.09 Å². The Labute approximate surface area is 204 Å². The quantitative estimate of drug-likeness (QED) is 0.568. The highest BCUT2D eigenvalue weighted by atomic mass is 16.5. The topological polar surface area (TPSA) is 113 Å². The van der Waals surface area contributed by atoms with Gasteiger partial charge in [-0.1, -0.05) is 44.2 Å². The molecule has 1 saturated heterocycles. The van der Waals surface area contributed by atoms with Crippen molar-refractivity contribution in [2.45, 2.75) is 69.4 Å². The molecule has 1 N–H and O–H groups in total. The van der Waals surface area contributed by atoms with E-state index >= 15 is 0 Å². The van der Waals surface area contributed by atoms with Crippen LogP contribution in [0.2, 0.25) is 0 Å². The van der Waals surface area contributed by atoms with Crippen molar-refractivity contribution in [1.82, 2.24) is 14.8 Å². The summed E-state index contributed by atoms with van der Waals surface area (Å²) >= 11 is 0. The molecule has 2 amide bonds. The number of ketones is 1. The van der Waals surface area contributed by atoms with Gasteiger partial charge in [0.15, 0.2) is 17.4 Å². The number of nitrogens with zero attached hydrogens (tertiary/aromatic N) is 3. The van der Waals surface area contributed by atoms with Gasteiger partial charge < -0.3 is 19.2 Å². The largest absolute Gasteiger partial charge is 0.465 e. The first-order valence-corrected chi connectivity index (χ1v) is 12.8. The number of oxazole rings is 1. The van der Waals surface area contributed by atoms with Gasteiger partial charge in [-0.15, -0.1) is 0 Å². The molecule has 2 saturated carbocycles. The van der Waals surface area contributed by atoms with Crippen molar-refractivity contribution in [3.63, 3.8) is 0 Å². The second-order valence-corrected chi connectivity index (χ2v) is 9.97. The molecule has 1 unspecified atom stereocenters. The summed E-state index contributed by atoms with van der Waals surface area (Å²) in [6, 6.07) is 5.52. The van der Waals surface area contributed by atoms with Crippen LogP contribution in [0.4, 0.5) is 4.79 Å². The van der Waals surface area contributed by atoms with Crippen LogP contribution in [0.25, 0.3) is 11.1 Å². The zero-order chi connectivity index (χ0) is 24.4. The summed E-state index contributed by atoms with van der Waals surface area (Å²) in [7, 11) is 0. The predicted octanol–water partition coefficient (Wildman–Crippen LogP) is 3.82. The van der Waals surface area contributed by atoms with E-state index < -0.39 is 24.1 Å². The maximum atomic E-state index is 13.6. The van der Waals surface area contributed by atoms with Crippen molar-refractivity contribution in [2.24, 2.45) is 5.92 Å². The van der Waals surface area contributed by atoms with Crippen LogP contribution >= 0.6 is 0 Å². The Kier molecular flexibility index (Phi) is 7.04. The number of aromatic nitrogens is 1. The Morgan fingerprint density at radius 2 is 1.86 bits per heavy atom. The number of morpholine rings is 1. The molecule has 1 aliphatic heterocycles. The normalized spacial score (nSPS) is 23.7. The van der Waals surface area contributed by atoms with Crippen molar-refractivity contribution in [2.75, 3.05) is 26.3 Å². The molecule has 2 aliphatic carbocycles. The Morgan fingerprint density at radius 1 is 1.11 bits per heavy atom. The molecule has 9 heteroatoms. The molecule has 188 valence electrons. The third-order valence-corrected chi connectivity index (χ3v) is 7.63. The van der Waals surface area contributed by atoms with Crippen LogP contribution in [0.1, 0.15) is 63.2 Å². The second kappa shape index (κ2) is 10.4. The number of carboxylic acid groups (broad SMARTS) is 1. The van der Waals surface area contributed by atoms with Gasteiger partial charge in [0.25, 0.3) is 5.91 Å². The minimum atomic E-state index is -1.34. The van der Waals surface area contributed by atoms with Gasteiger partial charge in [0, 0.05) is 25.6 Å². The molecule has 0 bridgehead atoms. The van der Waals surface area contributed by atoms with Crippen molar-refractivity contribution in [3.05, 3.63) is 30.2 Å². The SMILES string of the molecule is O=C(CCC1CCCCC1)[C@@H](C(=O)N1CCOCC1)N(C(=O)O)[C@H]1CC1c1nc2ccccc2o1. The van der Waals surface area contributed by atoms with Crippen LogP contribution in [0.3, 0.4) is 0 Å². The maximum absolute atomic E-state index is 13.6. The average molecular weight is 484 g/mol. The number of ether oxygens (including phenoxy) is 1. The molecule has 3 aliphatic rings. The molecule has 0 spiro atoms. The zero-order valence-corrected chi connectivity index (χ0v) is 19.9. The summed E-state index contributed by atoms with van der Waals surface area (Å²) in [5.41, 5.74) is 1.35. The summed E-state index contributed by atoms with van der Waals surface area (Å²) < 4.78 is 11.2. The molecule has 5 rings (SSSR count). The fraction of sp³-hybridized carbons (Fsp3) is 0.615. The first-order valence-electron chi connectivity index (χ1n) is 12.8. The molecule has 2 heterocycles.